The minimum absolute atomic E-state index is 0.146. The van der Waals surface area contributed by atoms with Gasteiger partial charge in [0.1, 0.15) is 5.60 Å². The second kappa shape index (κ2) is 6.88. The largest absolute Gasteiger partial charge is 0.444 e. The Morgan fingerprint density at radius 1 is 1.28 bits per heavy atom. The van der Waals surface area contributed by atoms with Crippen LogP contribution in [0.5, 0.6) is 0 Å². The number of halogens is 1. The van der Waals surface area contributed by atoms with E-state index in [0.29, 0.717) is 30.5 Å². The van der Waals surface area contributed by atoms with Crippen LogP contribution in [0.15, 0.2) is 29.3 Å². The van der Waals surface area contributed by atoms with Gasteiger partial charge in [0.25, 0.3) is 0 Å². The molecule has 2 aromatic rings. The normalized spacial score (nSPS) is 19.2. The van der Waals surface area contributed by atoms with E-state index in [1.54, 1.807) is 17.0 Å². The third kappa shape index (κ3) is 4.10. The van der Waals surface area contributed by atoms with Crippen molar-refractivity contribution >= 4 is 39.5 Å². The Kier molecular flexibility index (Phi) is 4.97. The molecule has 1 fully saturated rings. The zero-order valence-corrected chi connectivity index (χ0v) is 15.9. The van der Waals surface area contributed by atoms with Crippen LogP contribution < -0.4 is 0 Å². The van der Waals surface area contributed by atoms with Gasteiger partial charge in [0, 0.05) is 13.1 Å². The third-order valence-electron chi connectivity index (χ3n) is 3.79. The number of carbonyl (C=O) groups excluding carboxylic acids is 1. The molecule has 0 radical (unpaired) electrons. The molecule has 1 unspecified atom stereocenters. The molecule has 1 saturated heterocycles. The lowest BCUT2D eigenvalue weighted by atomic mass is 10.2. The third-order valence-corrected chi connectivity index (χ3v) is 5.82. The maximum Gasteiger partial charge on any atom is 0.410 e. The molecular formula is C17H20ClN3O3S. The predicted octanol–water partition coefficient (Wildman–Crippen LogP) is 3.40. The van der Waals surface area contributed by atoms with Crippen LogP contribution in [0, 0.1) is 0 Å². The van der Waals surface area contributed by atoms with E-state index in [4.69, 9.17) is 16.3 Å². The summed E-state index contributed by atoms with van der Waals surface area (Å²) in [6, 6.07) is 7.30. The molecule has 0 aliphatic carbocycles. The Labute approximate surface area is 154 Å². The van der Waals surface area contributed by atoms with Crippen LogP contribution in [0.3, 0.4) is 0 Å². The molecule has 1 aromatic heterocycles. The summed E-state index contributed by atoms with van der Waals surface area (Å²) < 4.78 is 18.3. The molecule has 0 N–H and O–H groups in total. The lowest BCUT2D eigenvalue weighted by Crippen LogP contribution is -2.36. The number of benzene rings is 1. The van der Waals surface area contributed by atoms with Gasteiger partial charge in [0.2, 0.25) is 0 Å². The molecule has 25 heavy (non-hydrogen) atoms. The summed E-state index contributed by atoms with van der Waals surface area (Å²) in [5.41, 5.74) is 0.758. The number of para-hydroxylation sites is 2. The Morgan fingerprint density at radius 3 is 2.56 bits per heavy atom. The molecule has 6 nitrogen and oxygen atoms in total. The number of hydrogen-bond donors (Lipinski definition) is 0. The van der Waals surface area contributed by atoms with E-state index in [1.165, 1.54) is 0 Å². The highest BCUT2D eigenvalue weighted by atomic mass is 35.5. The summed E-state index contributed by atoms with van der Waals surface area (Å²) in [5, 5.41) is 0.185. The van der Waals surface area contributed by atoms with E-state index >= 15 is 0 Å². The Bertz CT molecular complexity index is 837. The van der Waals surface area contributed by atoms with Crippen molar-refractivity contribution < 1.29 is 13.7 Å². The lowest BCUT2D eigenvalue weighted by molar-refractivity contribution is 0.0295. The van der Waals surface area contributed by atoms with Gasteiger partial charge in [-0.15, -0.1) is 0 Å². The lowest BCUT2D eigenvalue weighted by Gasteiger charge is -2.24. The molecule has 8 heteroatoms. The van der Waals surface area contributed by atoms with Crippen molar-refractivity contribution in [1.29, 1.82) is 0 Å². The molecule has 1 amide bonds. The molecule has 2 heterocycles. The van der Waals surface area contributed by atoms with Gasteiger partial charge in [-0.1, -0.05) is 23.7 Å². The highest BCUT2D eigenvalue weighted by molar-refractivity contribution is 7.85. The van der Waals surface area contributed by atoms with Crippen LogP contribution in [0.1, 0.15) is 27.2 Å². The number of ether oxygens (including phenoxy) is 1. The van der Waals surface area contributed by atoms with Crippen LogP contribution in [-0.2, 0) is 15.5 Å². The van der Waals surface area contributed by atoms with Crippen LogP contribution in [0.4, 0.5) is 4.79 Å². The quantitative estimate of drug-likeness (QED) is 0.797. The van der Waals surface area contributed by atoms with Crippen LogP contribution in [-0.4, -0.2) is 49.1 Å². The van der Waals surface area contributed by atoms with Gasteiger partial charge in [-0.25, -0.2) is 14.8 Å². The first-order chi connectivity index (χ1) is 11.7. The molecule has 2 atom stereocenters. The van der Waals surface area contributed by atoms with Gasteiger partial charge < -0.3 is 9.64 Å². The molecule has 0 spiro atoms. The summed E-state index contributed by atoms with van der Waals surface area (Å²) in [6.45, 7) is 6.32. The average Bonchev–Trinajstić information content (AvgIpc) is 3.02. The number of rotatable bonds is 2. The van der Waals surface area contributed by atoms with Crippen LogP contribution in [0.25, 0.3) is 11.0 Å². The molecule has 0 bridgehead atoms. The zero-order valence-electron chi connectivity index (χ0n) is 14.4. The number of amides is 1. The summed E-state index contributed by atoms with van der Waals surface area (Å²) in [4.78, 5) is 22.4. The molecule has 1 aromatic carbocycles. The molecule has 3 rings (SSSR count). The van der Waals surface area contributed by atoms with E-state index in [9.17, 15) is 9.00 Å². The molecule has 0 saturated carbocycles. The number of likely N-dealkylation sites (tertiary alicyclic amines) is 1. The highest BCUT2D eigenvalue weighted by Crippen LogP contribution is 2.26. The van der Waals surface area contributed by atoms with Gasteiger partial charge in [0.15, 0.2) is 10.2 Å². The summed E-state index contributed by atoms with van der Waals surface area (Å²) in [5.74, 6) is 0. The molecule has 134 valence electrons. The van der Waals surface area contributed by atoms with Gasteiger partial charge in [-0.2, -0.15) is 0 Å². The van der Waals surface area contributed by atoms with E-state index in [2.05, 4.69) is 9.97 Å². The second-order valence-corrected chi connectivity index (χ2v) is 8.95. The van der Waals surface area contributed by atoms with Crippen molar-refractivity contribution in [3.8, 4) is 0 Å². The van der Waals surface area contributed by atoms with Crippen molar-refractivity contribution in [1.82, 2.24) is 14.9 Å². The zero-order chi connectivity index (χ0) is 18.2. The fourth-order valence-electron chi connectivity index (χ4n) is 2.64. The Balaban J connectivity index is 1.76. The number of carbonyl (C=O) groups is 1. The Morgan fingerprint density at radius 2 is 1.92 bits per heavy atom. The van der Waals surface area contributed by atoms with Crippen LogP contribution >= 0.6 is 11.6 Å². The van der Waals surface area contributed by atoms with E-state index in [-0.39, 0.29) is 21.5 Å². The second-order valence-electron chi connectivity index (χ2n) is 6.94. The molecule has 1 aliphatic heterocycles. The number of fused-ring (bicyclic) bond motifs is 1. The van der Waals surface area contributed by atoms with E-state index < -0.39 is 16.4 Å². The SMILES string of the molecule is CC(C)(C)OC(=O)N1CC[C@@H](S(=O)c2nc3ccccc3nc2Cl)C1. The first kappa shape index (κ1) is 18.1. The average molecular weight is 382 g/mol. The first-order valence-corrected chi connectivity index (χ1v) is 9.64. The monoisotopic (exact) mass is 381 g/mol. The highest BCUT2D eigenvalue weighted by Gasteiger charge is 2.34. The van der Waals surface area contributed by atoms with Crippen molar-refractivity contribution in [3.05, 3.63) is 29.4 Å². The Hall–Kier alpha value is -1.73. The number of nitrogens with zero attached hydrogens (tertiary/aromatic N) is 3. The van der Waals surface area contributed by atoms with Crippen molar-refractivity contribution in [3.63, 3.8) is 0 Å². The smallest absolute Gasteiger partial charge is 0.410 e. The summed E-state index contributed by atoms with van der Waals surface area (Å²) in [7, 11) is -1.44. The fraction of sp³-hybridized carbons (Fsp3) is 0.471. The first-order valence-electron chi connectivity index (χ1n) is 8.05. The maximum absolute atomic E-state index is 12.9. The number of aromatic nitrogens is 2. The molecular weight excluding hydrogens is 362 g/mol. The number of hydrogen-bond acceptors (Lipinski definition) is 5. The maximum atomic E-state index is 12.9. The predicted molar refractivity (Wildman–Crippen MR) is 97.2 cm³/mol. The van der Waals surface area contributed by atoms with E-state index in [0.717, 1.165) is 0 Å². The summed E-state index contributed by atoms with van der Waals surface area (Å²) in [6.07, 6.45) is 0.221. The fourth-order valence-corrected chi connectivity index (χ4v) is 4.36. The van der Waals surface area contributed by atoms with E-state index in [1.807, 2.05) is 32.9 Å². The summed E-state index contributed by atoms with van der Waals surface area (Å²) >= 11 is 6.19. The minimum atomic E-state index is -1.44. The van der Waals surface area contributed by atoms with Crippen molar-refractivity contribution in [2.24, 2.45) is 0 Å². The van der Waals surface area contributed by atoms with Crippen molar-refractivity contribution in [2.45, 2.75) is 43.1 Å². The topological polar surface area (TPSA) is 72.4 Å². The van der Waals surface area contributed by atoms with Gasteiger partial charge in [-0.3, -0.25) is 4.21 Å². The van der Waals surface area contributed by atoms with Crippen LogP contribution in [0.2, 0.25) is 5.15 Å². The standard InChI is InChI=1S/C17H20ClN3O3S/c1-17(2,3)24-16(22)21-9-8-11(10-21)25(23)15-14(18)19-12-6-4-5-7-13(12)20-15/h4-7,11H,8-10H2,1-3H3/t11-,25?/m1/s1. The molecule has 1 aliphatic rings. The van der Waals surface area contributed by atoms with Gasteiger partial charge in [0.05, 0.1) is 27.1 Å². The van der Waals surface area contributed by atoms with Gasteiger partial charge in [-0.05, 0) is 39.3 Å². The van der Waals surface area contributed by atoms with Gasteiger partial charge >= 0.3 is 6.09 Å². The minimum Gasteiger partial charge on any atom is -0.444 e. The van der Waals surface area contributed by atoms with Crippen molar-refractivity contribution in [2.75, 3.05) is 13.1 Å².